The molecule has 0 N–H and O–H groups in total. The lowest BCUT2D eigenvalue weighted by Crippen LogP contribution is -2.26. The Labute approximate surface area is 139 Å². The van der Waals surface area contributed by atoms with Crippen LogP contribution in [0, 0.1) is 6.92 Å². The molecule has 0 saturated carbocycles. The Balaban J connectivity index is 1.94. The number of esters is 1. The Morgan fingerprint density at radius 1 is 1.29 bits per heavy atom. The highest BCUT2D eigenvalue weighted by Crippen LogP contribution is 2.37. The Kier molecular flexibility index (Phi) is 4.25. The fourth-order valence-corrected chi connectivity index (χ4v) is 2.71. The van der Waals surface area contributed by atoms with Crippen LogP contribution in [0.15, 0.2) is 51.7 Å². The molecule has 3 rings (SSSR count). The van der Waals surface area contributed by atoms with E-state index < -0.39 is 5.63 Å². The predicted octanol–water partition coefficient (Wildman–Crippen LogP) is 3.34. The molecule has 0 unspecified atom stereocenters. The first-order valence-electron chi connectivity index (χ1n) is 7.66. The van der Waals surface area contributed by atoms with Crippen molar-refractivity contribution >= 4 is 5.97 Å². The molecule has 2 aromatic rings. The zero-order chi connectivity index (χ0) is 17.3. The summed E-state index contributed by atoms with van der Waals surface area (Å²) in [5.74, 6) is 0.660. The second kappa shape index (κ2) is 6.35. The van der Waals surface area contributed by atoms with Gasteiger partial charge in [0.25, 0.3) is 0 Å². The molecule has 0 amide bonds. The van der Waals surface area contributed by atoms with Gasteiger partial charge in [0.1, 0.15) is 23.9 Å². The summed E-state index contributed by atoms with van der Waals surface area (Å²) in [5.41, 5.74) is 1.68. The van der Waals surface area contributed by atoms with Crippen molar-refractivity contribution in [1.82, 2.24) is 0 Å². The van der Waals surface area contributed by atoms with Crippen molar-refractivity contribution in [3.8, 4) is 11.5 Å². The number of ether oxygens (including phenoxy) is 2. The van der Waals surface area contributed by atoms with Gasteiger partial charge in [-0.1, -0.05) is 18.7 Å². The van der Waals surface area contributed by atoms with E-state index in [0.29, 0.717) is 23.7 Å². The molecule has 2 heterocycles. The summed E-state index contributed by atoms with van der Waals surface area (Å²) >= 11 is 0. The van der Waals surface area contributed by atoms with Crippen LogP contribution >= 0.6 is 0 Å². The van der Waals surface area contributed by atoms with Crippen LogP contribution in [0.4, 0.5) is 0 Å². The molecule has 0 saturated heterocycles. The highest BCUT2D eigenvalue weighted by Gasteiger charge is 2.32. The molecule has 0 radical (unpaired) electrons. The zero-order valence-corrected chi connectivity index (χ0v) is 13.6. The van der Waals surface area contributed by atoms with E-state index in [1.807, 2.05) is 31.2 Å². The Morgan fingerprint density at radius 3 is 2.67 bits per heavy atom. The standard InChI is InChI=1S/C19H18O5/c1-11(2)10-22-14-6-4-13(5-7-14)15-9-17(20)24-16-8-12(3)23-19(21)18(15)16/h4-8,15H,1,9-10H2,2-3H3/t15-/m0/s1. The first kappa shape index (κ1) is 16.1. The minimum absolute atomic E-state index is 0.104. The van der Waals surface area contributed by atoms with E-state index in [4.69, 9.17) is 13.9 Å². The number of rotatable bonds is 4. The van der Waals surface area contributed by atoms with Crippen molar-refractivity contribution in [2.45, 2.75) is 26.2 Å². The number of hydrogen-bond donors (Lipinski definition) is 0. The van der Waals surface area contributed by atoms with Gasteiger partial charge < -0.3 is 13.9 Å². The monoisotopic (exact) mass is 326 g/mol. The topological polar surface area (TPSA) is 65.7 Å². The maximum absolute atomic E-state index is 12.2. The number of hydrogen-bond acceptors (Lipinski definition) is 5. The van der Waals surface area contributed by atoms with E-state index in [9.17, 15) is 9.59 Å². The van der Waals surface area contributed by atoms with Gasteiger partial charge >= 0.3 is 11.6 Å². The molecule has 1 aromatic carbocycles. The van der Waals surface area contributed by atoms with Gasteiger partial charge in [0.2, 0.25) is 0 Å². The Morgan fingerprint density at radius 2 is 2.00 bits per heavy atom. The molecular weight excluding hydrogens is 308 g/mol. The Hall–Kier alpha value is -2.82. The van der Waals surface area contributed by atoms with Crippen molar-refractivity contribution in [3.63, 3.8) is 0 Å². The maximum atomic E-state index is 12.2. The molecule has 5 nitrogen and oxygen atoms in total. The highest BCUT2D eigenvalue weighted by molar-refractivity contribution is 5.77. The number of fused-ring (bicyclic) bond motifs is 1. The number of carbonyl (C=O) groups is 1. The molecule has 24 heavy (non-hydrogen) atoms. The quantitative estimate of drug-likeness (QED) is 0.637. The van der Waals surface area contributed by atoms with Gasteiger partial charge in [0.05, 0.1) is 12.0 Å². The van der Waals surface area contributed by atoms with Crippen LogP contribution in [0.25, 0.3) is 0 Å². The zero-order valence-electron chi connectivity index (χ0n) is 13.6. The Bertz CT molecular complexity index is 845. The molecule has 124 valence electrons. The molecule has 1 atom stereocenters. The van der Waals surface area contributed by atoms with E-state index in [-0.39, 0.29) is 24.1 Å². The minimum Gasteiger partial charge on any atom is -0.489 e. The normalized spacial score (nSPS) is 16.2. The SMILES string of the molecule is C=C(C)COc1ccc([C@@H]2CC(=O)Oc3cc(C)oc(=O)c32)cc1. The summed E-state index contributed by atoms with van der Waals surface area (Å²) in [5, 5.41) is 0. The molecular formula is C19H18O5. The average Bonchev–Trinajstić information content (AvgIpc) is 2.52. The average molecular weight is 326 g/mol. The van der Waals surface area contributed by atoms with E-state index in [1.54, 1.807) is 13.0 Å². The van der Waals surface area contributed by atoms with E-state index in [0.717, 1.165) is 11.1 Å². The third kappa shape index (κ3) is 3.25. The van der Waals surface area contributed by atoms with Gasteiger partial charge in [-0.3, -0.25) is 4.79 Å². The van der Waals surface area contributed by atoms with E-state index in [1.165, 1.54) is 0 Å². The molecule has 0 spiro atoms. The number of aryl methyl sites for hydroxylation is 1. The van der Waals surface area contributed by atoms with Crippen molar-refractivity contribution in [1.29, 1.82) is 0 Å². The lowest BCUT2D eigenvalue weighted by atomic mass is 9.87. The number of carbonyl (C=O) groups excluding carboxylic acids is 1. The van der Waals surface area contributed by atoms with Gasteiger partial charge in [-0.25, -0.2) is 4.79 Å². The second-order valence-electron chi connectivity index (χ2n) is 5.97. The van der Waals surface area contributed by atoms with Crippen molar-refractivity contribution in [2.75, 3.05) is 6.61 Å². The molecule has 1 aliphatic heterocycles. The van der Waals surface area contributed by atoms with Crippen LogP contribution in [0.1, 0.15) is 36.1 Å². The molecule has 1 aliphatic rings. The third-order valence-corrected chi connectivity index (χ3v) is 3.78. The molecule has 0 fully saturated rings. The van der Waals surface area contributed by atoms with Gasteiger partial charge in [-0.15, -0.1) is 0 Å². The third-order valence-electron chi connectivity index (χ3n) is 3.78. The largest absolute Gasteiger partial charge is 0.489 e. The predicted molar refractivity (Wildman–Crippen MR) is 88.6 cm³/mol. The fraction of sp³-hybridized carbons (Fsp3) is 0.263. The smallest absolute Gasteiger partial charge is 0.343 e. The maximum Gasteiger partial charge on any atom is 0.343 e. The summed E-state index contributed by atoms with van der Waals surface area (Å²) < 4.78 is 15.9. The van der Waals surface area contributed by atoms with Crippen LogP contribution in [-0.2, 0) is 4.79 Å². The van der Waals surface area contributed by atoms with Crippen LogP contribution in [0.3, 0.4) is 0 Å². The van der Waals surface area contributed by atoms with Gasteiger partial charge in [-0.2, -0.15) is 0 Å². The van der Waals surface area contributed by atoms with Crippen LogP contribution in [-0.4, -0.2) is 12.6 Å². The van der Waals surface area contributed by atoms with Crippen LogP contribution in [0.2, 0.25) is 0 Å². The van der Waals surface area contributed by atoms with Crippen molar-refractivity contribution in [2.24, 2.45) is 0 Å². The fourth-order valence-electron chi connectivity index (χ4n) is 2.71. The van der Waals surface area contributed by atoms with Crippen LogP contribution in [0.5, 0.6) is 11.5 Å². The first-order valence-corrected chi connectivity index (χ1v) is 7.66. The van der Waals surface area contributed by atoms with E-state index in [2.05, 4.69) is 6.58 Å². The van der Waals surface area contributed by atoms with Crippen LogP contribution < -0.4 is 15.1 Å². The molecule has 0 bridgehead atoms. The lowest BCUT2D eigenvalue weighted by Gasteiger charge is -2.23. The van der Waals surface area contributed by atoms with E-state index >= 15 is 0 Å². The molecule has 1 aromatic heterocycles. The van der Waals surface area contributed by atoms with Gasteiger partial charge in [0, 0.05) is 12.0 Å². The summed E-state index contributed by atoms with van der Waals surface area (Å²) in [6, 6.07) is 8.90. The molecule has 5 heteroatoms. The highest BCUT2D eigenvalue weighted by atomic mass is 16.5. The minimum atomic E-state index is -0.467. The second-order valence-corrected chi connectivity index (χ2v) is 5.97. The van der Waals surface area contributed by atoms with Crippen molar-refractivity contribution < 1.29 is 18.7 Å². The first-order chi connectivity index (χ1) is 11.4. The molecule has 0 aliphatic carbocycles. The summed E-state index contributed by atoms with van der Waals surface area (Å²) in [6.45, 7) is 7.77. The number of benzene rings is 1. The van der Waals surface area contributed by atoms with Gasteiger partial charge in [0.15, 0.2) is 0 Å². The van der Waals surface area contributed by atoms with Gasteiger partial charge in [-0.05, 0) is 37.1 Å². The summed E-state index contributed by atoms with van der Waals surface area (Å²) in [4.78, 5) is 24.1. The van der Waals surface area contributed by atoms with Crippen molar-refractivity contribution in [3.05, 3.63) is 69.8 Å². The summed E-state index contributed by atoms with van der Waals surface area (Å²) in [7, 11) is 0. The lowest BCUT2D eigenvalue weighted by molar-refractivity contribution is -0.135. The summed E-state index contributed by atoms with van der Waals surface area (Å²) in [6.07, 6.45) is 0.104.